The van der Waals surface area contributed by atoms with E-state index in [0.717, 1.165) is 43.2 Å². The third kappa shape index (κ3) is 3.60. The molecule has 0 spiro atoms. The van der Waals surface area contributed by atoms with Crippen LogP contribution in [0.1, 0.15) is 38.1 Å². The lowest BCUT2D eigenvalue weighted by Gasteiger charge is -2.39. The molecule has 0 radical (unpaired) electrons. The highest BCUT2D eigenvalue weighted by Crippen LogP contribution is 2.28. The zero-order valence-corrected chi connectivity index (χ0v) is 17.0. The van der Waals surface area contributed by atoms with Crippen molar-refractivity contribution in [3.05, 3.63) is 34.7 Å². The van der Waals surface area contributed by atoms with Crippen LogP contribution in [0.2, 0.25) is 0 Å². The van der Waals surface area contributed by atoms with Gasteiger partial charge in [0.25, 0.3) is 11.5 Å². The maximum absolute atomic E-state index is 12.9. The average molecular weight is 409 g/mol. The third-order valence-corrected chi connectivity index (χ3v) is 6.78. The van der Waals surface area contributed by atoms with E-state index >= 15 is 0 Å². The van der Waals surface area contributed by atoms with E-state index < -0.39 is 11.9 Å². The summed E-state index contributed by atoms with van der Waals surface area (Å²) in [5.74, 6) is 0.133. The summed E-state index contributed by atoms with van der Waals surface area (Å²) in [5.41, 5.74) is 0.810. The SMILES string of the molecule is O=C1CCC(n2ncc3cc(N4CCN(CC5CCC5)CC4)ccc3c2=O)C(=O)N1. The zero-order chi connectivity index (χ0) is 20.7. The van der Waals surface area contributed by atoms with Crippen molar-refractivity contribution in [3.8, 4) is 0 Å². The number of amides is 2. The van der Waals surface area contributed by atoms with Crippen molar-refractivity contribution < 1.29 is 9.59 Å². The summed E-state index contributed by atoms with van der Waals surface area (Å²) >= 11 is 0. The van der Waals surface area contributed by atoms with E-state index in [4.69, 9.17) is 0 Å². The van der Waals surface area contributed by atoms with E-state index in [1.165, 1.54) is 30.5 Å². The quantitative estimate of drug-likeness (QED) is 0.766. The van der Waals surface area contributed by atoms with Crippen LogP contribution in [-0.4, -0.2) is 59.2 Å². The van der Waals surface area contributed by atoms with Gasteiger partial charge in [-0.3, -0.25) is 24.6 Å². The predicted molar refractivity (Wildman–Crippen MR) is 113 cm³/mol. The topological polar surface area (TPSA) is 87.5 Å². The van der Waals surface area contributed by atoms with E-state index in [1.54, 1.807) is 6.20 Å². The first-order chi connectivity index (χ1) is 14.6. The number of piperidine rings is 1. The molecule has 2 aliphatic heterocycles. The molecule has 1 atom stereocenters. The maximum Gasteiger partial charge on any atom is 0.275 e. The van der Waals surface area contributed by atoms with Gasteiger partial charge in [-0.05, 0) is 43.4 Å². The summed E-state index contributed by atoms with van der Waals surface area (Å²) in [7, 11) is 0. The number of carbonyl (C=O) groups is 2. The second kappa shape index (κ2) is 7.83. The van der Waals surface area contributed by atoms with Crippen LogP contribution in [-0.2, 0) is 9.59 Å². The molecule has 1 N–H and O–H groups in total. The lowest BCUT2D eigenvalue weighted by atomic mass is 9.85. The zero-order valence-electron chi connectivity index (χ0n) is 17.0. The molecule has 0 bridgehead atoms. The Morgan fingerprint density at radius 2 is 1.83 bits per heavy atom. The van der Waals surface area contributed by atoms with Crippen LogP contribution in [0.15, 0.2) is 29.2 Å². The predicted octanol–water partition coefficient (Wildman–Crippen LogP) is 1.30. The summed E-state index contributed by atoms with van der Waals surface area (Å²) < 4.78 is 1.21. The van der Waals surface area contributed by atoms with Gasteiger partial charge >= 0.3 is 0 Å². The lowest BCUT2D eigenvalue weighted by molar-refractivity contribution is -0.136. The van der Waals surface area contributed by atoms with Crippen molar-refractivity contribution in [1.29, 1.82) is 0 Å². The summed E-state index contributed by atoms with van der Waals surface area (Å²) in [5, 5.41) is 7.87. The number of imide groups is 1. The Kier molecular flexibility index (Phi) is 5.02. The van der Waals surface area contributed by atoms with Gasteiger partial charge < -0.3 is 4.90 Å². The highest BCUT2D eigenvalue weighted by atomic mass is 16.2. The van der Waals surface area contributed by atoms with Crippen molar-refractivity contribution in [2.45, 2.75) is 38.1 Å². The monoisotopic (exact) mass is 409 g/mol. The molecular formula is C22H27N5O3. The van der Waals surface area contributed by atoms with Gasteiger partial charge in [0.1, 0.15) is 6.04 Å². The van der Waals surface area contributed by atoms with Crippen molar-refractivity contribution >= 4 is 28.3 Å². The van der Waals surface area contributed by atoms with Gasteiger partial charge in [0.05, 0.1) is 11.6 Å². The summed E-state index contributed by atoms with van der Waals surface area (Å²) in [6.07, 6.45) is 6.32. The summed E-state index contributed by atoms with van der Waals surface area (Å²) in [4.78, 5) is 41.4. The second-order valence-electron chi connectivity index (χ2n) is 8.72. The van der Waals surface area contributed by atoms with Gasteiger partial charge in [0.15, 0.2) is 0 Å². The van der Waals surface area contributed by atoms with Gasteiger partial charge in [-0.25, -0.2) is 4.68 Å². The number of rotatable bonds is 4. The molecule has 1 aromatic heterocycles. The molecule has 3 fully saturated rings. The fourth-order valence-corrected chi connectivity index (χ4v) is 4.72. The van der Waals surface area contributed by atoms with Crippen LogP contribution in [0.4, 0.5) is 5.69 Å². The first kappa shape index (κ1) is 19.2. The molecule has 2 amide bonds. The standard InChI is InChI=1S/C22H27N5O3/c28-20-7-6-19(21(29)24-20)27-22(30)18-5-4-17(12-16(18)13-23-27)26-10-8-25(9-11-26)14-15-2-1-3-15/h4-5,12-13,15,19H,1-3,6-11,14H2,(H,24,28,29). The minimum absolute atomic E-state index is 0.216. The molecule has 1 saturated carbocycles. The lowest BCUT2D eigenvalue weighted by Crippen LogP contribution is -2.48. The molecule has 1 unspecified atom stereocenters. The molecular weight excluding hydrogens is 382 g/mol. The molecule has 30 heavy (non-hydrogen) atoms. The number of fused-ring (bicyclic) bond motifs is 1. The number of carbonyl (C=O) groups excluding carboxylic acids is 2. The highest BCUT2D eigenvalue weighted by Gasteiger charge is 2.30. The Morgan fingerprint density at radius 3 is 2.53 bits per heavy atom. The molecule has 1 aromatic carbocycles. The molecule has 1 aliphatic carbocycles. The normalized spacial score (nSPS) is 23.5. The van der Waals surface area contributed by atoms with Crippen LogP contribution < -0.4 is 15.8 Å². The summed E-state index contributed by atoms with van der Waals surface area (Å²) in [6.45, 7) is 5.35. The largest absolute Gasteiger partial charge is 0.369 e. The Labute approximate surface area is 174 Å². The first-order valence-corrected chi connectivity index (χ1v) is 10.9. The Balaban J connectivity index is 1.32. The molecule has 3 heterocycles. The Hall–Kier alpha value is -2.74. The Morgan fingerprint density at radius 1 is 1.03 bits per heavy atom. The molecule has 2 saturated heterocycles. The van der Waals surface area contributed by atoms with Gasteiger partial charge in [-0.15, -0.1) is 0 Å². The Bertz CT molecular complexity index is 1040. The minimum atomic E-state index is -0.733. The molecule has 8 heteroatoms. The number of hydrogen-bond acceptors (Lipinski definition) is 6. The van der Waals surface area contributed by atoms with Gasteiger partial charge in [-0.2, -0.15) is 5.10 Å². The van der Waals surface area contributed by atoms with Crippen molar-refractivity contribution in [2.24, 2.45) is 5.92 Å². The van der Waals surface area contributed by atoms with Crippen molar-refractivity contribution in [3.63, 3.8) is 0 Å². The fourth-order valence-electron chi connectivity index (χ4n) is 4.72. The number of piperazine rings is 1. The van der Waals surface area contributed by atoms with Crippen LogP contribution in [0, 0.1) is 5.92 Å². The van der Waals surface area contributed by atoms with E-state index in [2.05, 4.69) is 20.2 Å². The number of nitrogens with zero attached hydrogens (tertiary/aromatic N) is 4. The minimum Gasteiger partial charge on any atom is -0.369 e. The van der Waals surface area contributed by atoms with E-state index in [0.29, 0.717) is 11.8 Å². The molecule has 5 rings (SSSR count). The number of aromatic nitrogens is 2. The number of hydrogen-bond donors (Lipinski definition) is 1. The van der Waals surface area contributed by atoms with Crippen molar-refractivity contribution in [2.75, 3.05) is 37.6 Å². The third-order valence-electron chi connectivity index (χ3n) is 6.78. The van der Waals surface area contributed by atoms with Crippen LogP contribution >= 0.6 is 0 Å². The van der Waals surface area contributed by atoms with E-state index in [1.807, 2.05) is 18.2 Å². The summed E-state index contributed by atoms with van der Waals surface area (Å²) in [6, 6.07) is 5.10. The van der Waals surface area contributed by atoms with Crippen LogP contribution in [0.5, 0.6) is 0 Å². The first-order valence-electron chi connectivity index (χ1n) is 10.9. The molecule has 3 aliphatic rings. The molecule has 8 nitrogen and oxygen atoms in total. The van der Waals surface area contributed by atoms with Gasteiger partial charge in [0, 0.05) is 50.2 Å². The van der Waals surface area contributed by atoms with Crippen LogP contribution in [0.25, 0.3) is 10.8 Å². The second-order valence-corrected chi connectivity index (χ2v) is 8.72. The maximum atomic E-state index is 12.9. The molecule has 158 valence electrons. The smallest absolute Gasteiger partial charge is 0.275 e. The number of nitrogens with one attached hydrogen (secondary N) is 1. The van der Waals surface area contributed by atoms with Gasteiger partial charge in [-0.1, -0.05) is 6.42 Å². The van der Waals surface area contributed by atoms with E-state index in [9.17, 15) is 14.4 Å². The van der Waals surface area contributed by atoms with Crippen molar-refractivity contribution in [1.82, 2.24) is 20.0 Å². The number of benzene rings is 1. The van der Waals surface area contributed by atoms with Crippen LogP contribution in [0.3, 0.4) is 0 Å². The average Bonchev–Trinajstić information content (AvgIpc) is 2.72. The van der Waals surface area contributed by atoms with Gasteiger partial charge in [0.2, 0.25) is 5.91 Å². The fraction of sp³-hybridized carbons (Fsp3) is 0.545. The number of anilines is 1. The highest BCUT2D eigenvalue weighted by molar-refractivity contribution is 5.99. The molecule has 2 aromatic rings. The van der Waals surface area contributed by atoms with E-state index in [-0.39, 0.29) is 17.9 Å².